The first kappa shape index (κ1) is 21.2. The van der Waals surface area contributed by atoms with Gasteiger partial charge in [-0.15, -0.1) is 0 Å². The Morgan fingerprint density at radius 2 is 1.87 bits per heavy atom. The quantitative estimate of drug-likeness (QED) is 0.719. The van der Waals surface area contributed by atoms with Gasteiger partial charge in [-0.05, 0) is 54.2 Å². The van der Waals surface area contributed by atoms with Crippen LogP contribution in [0.4, 0.5) is 0 Å². The smallest absolute Gasteiger partial charge is 0.123 e. The largest absolute Gasteiger partial charge is 0.492 e. The lowest BCUT2D eigenvalue weighted by Crippen LogP contribution is -2.25. The van der Waals surface area contributed by atoms with E-state index in [1.54, 1.807) is 0 Å². The van der Waals surface area contributed by atoms with E-state index >= 15 is 0 Å². The van der Waals surface area contributed by atoms with E-state index in [0.29, 0.717) is 19.1 Å². The first-order valence-electron chi connectivity index (χ1n) is 11.2. The van der Waals surface area contributed by atoms with Crippen LogP contribution in [0.15, 0.2) is 42.5 Å². The van der Waals surface area contributed by atoms with E-state index in [-0.39, 0.29) is 12.7 Å². The molecule has 2 N–H and O–H groups in total. The van der Waals surface area contributed by atoms with Crippen LogP contribution in [0, 0.1) is 5.92 Å². The van der Waals surface area contributed by atoms with E-state index in [4.69, 9.17) is 14.6 Å². The zero-order chi connectivity index (χ0) is 20.8. The summed E-state index contributed by atoms with van der Waals surface area (Å²) in [5.41, 5.74) is 3.40. The van der Waals surface area contributed by atoms with E-state index in [1.165, 1.54) is 24.8 Å². The standard InChI is InChI=1S/C25H33NO4/c27-13-15-29-23-9-6-19(7-10-23)17-26-12-14-30-24-11-8-21(16-22(24)18-26)25(28)20-4-2-1-3-5-20/h6-11,16,20,25,27-28H,1-5,12-15,17-18H2. The Kier molecular flexibility index (Phi) is 7.26. The molecule has 0 radical (unpaired) electrons. The monoisotopic (exact) mass is 411 g/mol. The Bertz CT molecular complexity index is 801. The first-order chi connectivity index (χ1) is 14.7. The third-order valence-electron chi connectivity index (χ3n) is 6.27. The molecule has 1 heterocycles. The van der Waals surface area contributed by atoms with Crippen molar-refractivity contribution in [1.82, 2.24) is 4.90 Å². The highest BCUT2D eigenvalue weighted by molar-refractivity contribution is 5.39. The Morgan fingerprint density at radius 1 is 1.07 bits per heavy atom. The molecule has 1 unspecified atom stereocenters. The van der Waals surface area contributed by atoms with Crippen molar-refractivity contribution in [2.24, 2.45) is 5.92 Å². The summed E-state index contributed by atoms with van der Waals surface area (Å²) < 4.78 is 11.4. The maximum atomic E-state index is 10.9. The van der Waals surface area contributed by atoms with E-state index in [1.807, 2.05) is 24.3 Å². The van der Waals surface area contributed by atoms with Crippen LogP contribution in [-0.4, -0.2) is 41.5 Å². The molecule has 162 valence electrons. The summed E-state index contributed by atoms with van der Waals surface area (Å²) in [4.78, 5) is 2.38. The molecule has 0 saturated heterocycles. The van der Waals surface area contributed by atoms with Gasteiger partial charge >= 0.3 is 0 Å². The van der Waals surface area contributed by atoms with Gasteiger partial charge in [-0.25, -0.2) is 0 Å². The van der Waals surface area contributed by atoms with E-state index < -0.39 is 0 Å². The number of hydrogen-bond donors (Lipinski definition) is 2. The number of aliphatic hydroxyl groups is 2. The van der Waals surface area contributed by atoms with Crippen LogP contribution in [0.2, 0.25) is 0 Å². The number of aliphatic hydroxyl groups excluding tert-OH is 2. The number of ether oxygens (including phenoxy) is 2. The van der Waals surface area contributed by atoms with Gasteiger partial charge in [0.25, 0.3) is 0 Å². The average molecular weight is 412 g/mol. The van der Waals surface area contributed by atoms with Gasteiger partial charge in [-0.3, -0.25) is 4.90 Å². The van der Waals surface area contributed by atoms with Crippen molar-refractivity contribution in [2.45, 2.75) is 51.3 Å². The highest BCUT2D eigenvalue weighted by atomic mass is 16.5. The lowest BCUT2D eigenvalue weighted by molar-refractivity contribution is 0.0847. The molecule has 5 nitrogen and oxygen atoms in total. The minimum Gasteiger partial charge on any atom is -0.492 e. The second-order valence-electron chi connectivity index (χ2n) is 8.49. The van der Waals surface area contributed by atoms with Gasteiger partial charge in [-0.1, -0.05) is 37.5 Å². The minimum atomic E-state index is -0.376. The molecule has 0 spiro atoms. The van der Waals surface area contributed by atoms with E-state index in [9.17, 15) is 5.11 Å². The van der Waals surface area contributed by atoms with Crippen LogP contribution in [0.25, 0.3) is 0 Å². The van der Waals surface area contributed by atoms with Gasteiger partial charge in [0.1, 0.15) is 24.7 Å². The summed E-state index contributed by atoms with van der Waals surface area (Å²) in [6.45, 7) is 3.50. The molecule has 1 aliphatic carbocycles. The fraction of sp³-hybridized carbons (Fsp3) is 0.520. The molecule has 2 aromatic rings. The maximum absolute atomic E-state index is 10.9. The molecule has 2 aromatic carbocycles. The molecule has 1 aliphatic heterocycles. The van der Waals surface area contributed by atoms with Gasteiger partial charge in [0, 0.05) is 25.2 Å². The molecule has 0 bridgehead atoms. The summed E-state index contributed by atoms with van der Waals surface area (Å²) >= 11 is 0. The molecule has 30 heavy (non-hydrogen) atoms. The number of rotatable bonds is 7. The molecule has 5 heteroatoms. The number of nitrogens with zero attached hydrogens (tertiary/aromatic N) is 1. The summed E-state index contributed by atoms with van der Waals surface area (Å²) in [7, 11) is 0. The van der Waals surface area contributed by atoms with Gasteiger partial charge in [0.2, 0.25) is 0 Å². The van der Waals surface area contributed by atoms with Crippen molar-refractivity contribution in [2.75, 3.05) is 26.4 Å². The predicted molar refractivity (Wildman–Crippen MR) is 117 cm³/mol. The zero-order valence-corrected chi connectivity index (χ0v) is 17.6. The van der Waals surface area contributed by atoms with Crippen molar-refractivity contribution in [3.8, 4) is 11.5 Å². The van der Waals surface area contributed by atoms with Crippen LogP contribution < -0.4 is 9.47 Å². The molecule has 2 aliphatic rings. The summed E-state index contributed by atoms with van der Waals surface area (Å²) in [6.07, 6.45) is 5.63. The molecule has 1 fully saturated rings. The molecular weight excluding hydrogens is 378 g/mol. The highest BCUT2D eigenvalue weighted by Gasteiger charge is 2.24. The lowest BCUT2D eigenvalue weighted by Gasteiger charge is -2.27. The molecule has 1 saturated carbocycles. The van der Waals surface area contributed by atoms with E-state index in [0.717, 1.165) is 55.1 Å². The second-order valence-corrected chi connectivity index (χ2v) is 8.49. The molecule has 4 rings (SSSR count). The Labute approximate surface area is 179 Å². The zero-order valence-electron chi connectivity index (χ0n) is 17.6. The Morgan fingerprint density at radius 3 is 2.63 bits per heavy atom. The summed E-state index contributed by atoms with van der Waals surface area (Å²) in [6, 6.07) is 14.3. The van der Waals surface area contributed by atoms with Crippen LogP contribution in [0.5, 0.6) is 11.5 Å². The van der Waals surface area contributed by atoms with Gasteiger partial charge in [0.05, 0.1) is 12.7 Å². The first-order valence-corrected chi connectivity index (χ1v) is 11.2. The highest BCUT2D eigenvalue weighted by Crippen LogP contribution is 2.36. The van der Waals surface area contributed by atoms with Crippen molar-refractivity contribution in [1.29, 1.82) is 0 Å². The Balaban J connectivity index is 1.43. The van der Waals surface area contributed by atoms with Crippen LogP contribution in [-0.2, 0) is 13.1 Å². The summed E-state index contributed by atoms with van der Waals surface area (Å²) in [5, 5.41) is 19.8. The molecule has 0 amide bonds. The molecule has 0 aromatic heterocycles. The number of benzene rings is 2. The topological polar surface area (TPSA) is 62.2 Å². The summed E-state index contributed by atoms with van der Waals surface area (Å²) in [5.74, 6) is 2.09. The molecule has 1 atom stereocenters. The fourth-order valence-electron chi connectivity index (χ4n) is 4.62. The fourth-order valence-corrected chi connectivity index (χ4v) is 4.62. The van der Waals surface area contributed by atoms with Crippen molar-refractivity contribution < 1.29 is 19.7 Å². The number of fused-ring (bicyclic) bond motifs is 1. The van der Waals surface area contributed by atoms with Gasteiger partial charge in [-0.2, -0.15) is 0 Å². The average Bonchev–Trinajstić information content (AvgIpc) is 2.99. The minimum absolute atomic E-state index is 0.0202. The third-order valence-corrected chi connectivity index (χ3v) is 6.27. The third kappa shape index (κ3) is 5.34. The maximum Gasteiger partial charge on any atom is 0.123 e. The normalized spacial score (nSPS) is 18.9. The predicted octanol–water partition coefficient (Wildman–Crippen LogP) is 4.07. The SMILES string of the molecule is OCCOc1ccc(CN2CCOc3ccc(C(O)C4CCCCC4)cc3C2)cc1. The van der Waals surface area contributed by atoms with Crippen molar-refractivity contribution in [3.63, 3.8) is 0 Å². The van der Waals surface area contributed by atoms with E-state index in [2.05, 4.69) is 23.1 Å². The second kappa shape index (κ2) is 10.3. The molecular formula is C25H33NO4. The Hall–Kier alpha value is -2.08. The van der Waals surface area contributed by atoms with Crippen molar-refractivity contribution >= 4 is 0 Å². The van der Waals surface area contributed by atoms with Crippen molar-refractivity contribution in [3.05, 3.63) is 59.2 Å². The lowest BCUT2D eigenvalue weighted by atomic mass is 9.82. The van der Waals surface area contributed by atoms with Gasteiger partial charge < -0.3 is 19.7 Å². The van der Waals surface area contributed by atoms with Crippen LogP contribution >= 0.6 is 0 Å². The number of hydrogen-bond acceptors (Lipinski definition) is 5. The van der Waals surface area contributed by atoms with Crippen LogP contribution in [0.1, 0.15) is 54.9 Å². The van der Waals surface area contributed by atoms with Gasteiger partial charge in [0.15, 0.2) is 0 Å². The van der Waals surface area contributed by atoms with Crippen LogP contribution in [0.3, 0.4) is 0 Å².